The van der Waals surface area contributed by atoms with Crippen molar-refractivity contribution in [3.05, 3.63) is 32.4 Å². The average Bonchev–Trinajstić information content (AvgIpc) is 2.36. The zero-order chi connectivity index (χ0) is 12.3. The summed E-state index contributed by atoms with van der Waals surface area (Å²) < 4.78 is 6.57. The van der Waals surface area contributed by atoms with E-state index in [2.05, 4.69) is 34.1 Å². The predicted octanol–water partition coefficient (Wildman–Crippen LogP) is 2.88. The third-order valence-corrected chi connectivity index (χ3v) is 4.72. The Labute approximate surface area is 120 Å². The Morgan fingerprint density at radius 3 is 2.94 bits per heavy atom. The van der Waals surface area contributed by atoms with Crippen molar-refractivity contribution in [3.8, 4) is 0 Å². The summed E-state index contributed by atoms with van der Waals surface area (Å²) in [5.41, 5.74) is 4.03. The Morgan fingerprint density at radius 1 is 1.53 bits per heavy atom. The summed E-state index contributed by atoms with van der Waals surface area (Å²) in [6, 6.07) is 6.20. The first-order valence-electron chi connectivity index (χ1n) is 5.71. The first-order valence-corrected chi connectivity index (χ1v) is 7.17. The Morgan fingerprint density at radius 2 is 2.35 bits per heavy atom. The number of ether oxygens (including phenoxy) is 1. The zero-order valence-corrected chi connectivity index (χ0v) is 12.4. The van der Waals surface area contributed by atoms with E-state index in [1.54, 1.807) is 0 Å². The van der Waals surface area contributed by atoms with E-state index in [-0.39, 0.29) is 6.04 Å². The fourth-order valence-corrected chi connectivity index (χ4v) is 2.76. The van der Waals surface area contributed by atoms with Crippen LogP contribution in [0.2, 0.25) is 5.02 Å². The van der Waals surface area contributed by atoms with Crippen molar-refractivity contribution >= 4 is 34.2 Å². The fourth-order valence-electron chi connectivity index (χ4n) is 2.24. The molecule has 94 valence electrons. The van der Waals surface area contributed by atoms with Gasteiger partial charge in [-0.2, -0.15) is 0 Å². The topological polar surface area (TPSA) is 47.3 Å². The van der Waals surface area contributed by atoms with E-state index in [1.165, 1.54) is 0 Å². The normalized spacial score (nSPS) is 22.4. The minimum atomic E-state index is 0.116. The van der Waals surface area contributed by atoms with E-state index in [1.807, 2.05) is 12.1 Å². The number of nitrogens with one attached hydrogen (secondary N) is 1. The molecule has 0 saturated carbocycles. The van der Waals surface area contributed by atoms with Crippen LogP contribution in [0.5, 0.6) is 0 Å². The number of hydrogen-bond acceptors (Lipinski definition) is 3. The zero-order valence-electron chi connectivity index (χ0n) is 9.46. The molecule has 0 aliphatic carbocycles. The Bertz CT molecular complexity index is 383. The summed E-state index contributed by atoms with van der Waals surface area (Å²) in [6.07, 6.45) is 2.24. The van der Waals surface area contributed by atoms with Gasteiger partial charge >= 0.3 is 0 Å². The van der Waals surface area contributed by atoms with Crippen LogP contribution in [0.4, 0.5) is 0 Å². The molecule has 1 fully saturated rings. The van der Waals surface area contributed by atoms with Crippen LogP contribution >= 0.6 is 34.2 Å². The lowest BCUT2D eigenvalue weighted by Gasteiger charge is -2.30. The molecule has 0 amide bonds. The largest absolute Gasteiger partial charge is 0.381 e. The highest BCUT2D eigenvalue weighted by atomic mass is 127. The highest BCUT2D eigenvalue weighted by Crippen LogP contribution is 2.30. The predicted molar refractivity (Wildman–Crippen MR) is 77.8 cm³/mol. The van der Waals surface area contributed by atoms with Crippen LogP contribution in [0.15, 0.2) is 18.2 Å². The van der Waals surface area contributed by atoms with Crippen LogP contribution in [0.1, 0.15) is 24.4 Å². The van der Waals surface area contributed by atoms with E-state index in [0.717, 1.165) is 40.2 Å². The quantitative estimate of drug-likeness (QED) is 0.491. The lowest BCUT2D eigenvalue weighted by Crippen LogP contribution is -2.37. The Kier molecular flexibility index (Phi) is 5.05. The van der Waals surface area contributed by atoms with Gasteiger partial charge in [-0.05, 0) is 53.1 Å². The maximum absolute atomic E-state index is 6.15. The molecule has 1 heterocycles. The van der Waals surface area contributed by atoms with Crippen molar-refractivity contribution in [1.82, 2.24) is 5.43 Å². The van der Waals surface area contributed by atoms with Crippen molar-refractivity contribution in [3.63, 3.8) is 0 Å². The maximum Gasteiger partial charge on any atom is 0.0542 e. The van der Waals surface area contributed by atoms with Crippen molar-refractivity contribution in [2.24, 2.45) is 11.8 Å². The van der Waals surface area contributed by atoms with Gasteiger partial charge < -0.3 is 4.74 Å². The lowest BCUT2D eigenvalue weighted by atomic mass is 9.89. The summed E-state index contributed by atoms with van der Waals surface area (Å²) in [5, 5.41) is 0.778. The van der Waals surface area contributed by atoms with Crippen molar-refractivity contribution < 1.29 is 4.74 Å². The molecule has 0 radical (unpaired) electrons. The number of nitrogens with two attached hydrogens (primary N) is 1. The number of hydrazine groups is 1. The van der Waals surface area contributed by atoms with Gasteiger partial charge in [-0.15, -0.1) is 0 Å². The fraction of sp³-hybridized carbons (Fsp3) is 0.500. The molecule has 3 N–H and O–H groups in total. The van der Waals surface area contributed by atoms with Gasteiger partial charge in [0.25, 0.3) is 0 Å². The standard InChI is InChI=1S/C12H16ClIN2O/c13-10-6-8(3-4-11(10)14)12(16-15)9-2-1-5-17-7-9/h3-4,6,9,12,16H,1-2,5,7,15H2. The molecular formula is C12H16ClIN2O. The third-order valence-electron chi connectivity index (χ3n) is 3.15. The van der Waals surface area contributed by atoms with Gasteiger partial charge in [0.2, 0.25) is 0 Å². The Balaban J connectivity index is 2.18. The van der Waals surface area contributed by atoms with E-state index in [4.69, 9.17) is 22.2 Å². The second kappa shape index (κ2) is 6.33. The molecule has 2 atom stereocenters. The summed E-state index contributed by atoms with van der Waals surface area (Å²) in [7, 11) is 0. The van der Waals surface area contributed by atoms with Gasteiger partial charge in [-0.3, -0.25) is 11.3 Å². The summed E-state index contributed by atoms with van der Waals surface area (Å²) in [6.45, 7) is 1.62. The molecule has 1 aromatic rings. The van der Waals surface area contributed by atoms with Crippen LogP contribution in [-0.2, 0) is 4.74 Å². The third kappa shape index (κ3) is 3.32. The molecule has 2 rings (SSSR count). The molecule has 0 spiro atoms. The summed E-state index contributed by atoms with van der Waals surface area (Å²) in [5.74, 6) is 6.09. The van der Waals surface area contributed by atoms with Gasteiger partial charge in [-0.25, -0.2) is 0 Å². The van der Waals surface area contributed by atoms with Crippen LogP contribution in [0.3, 0.4) is 0 Å². The highest BCUT2D eigenvalue weighted by molar-refractivity contribution is 14.1. The molecule has 3 nitrogen and oxygen atoms in total. The number of benzene rings is 1. The first-order chi connectivity index (χ1) is 8.22. The number of rotatable bonds is 3. The monoisotopic (exact) mass is 366 g/mol. The molecule has 0 aromatic heterocycles. The summed E-state index contributed by atoms with van der Waals surface area (Å²) in [4.78, 5) is 0. The van der Waals surface area contributed by atoms with E-state index >= 15 is 0 Å². The number of halogens is 2. The van der Waals surface area contributed by atoms with Crippen LogP contribution < -0.4 is 11.3 Å². The molecule has 17 heavy (non-hydrogen) atoms. The second-order valence-corrected chi connectivity index (χ2v) is 5.86. The van der Waals surface area contributed by atoms with Crippen molar-refractivity contribution in [2.75, 3.05) is 13.2 Å². The smallest absolute Gasteiger partial charge is 0.0542 e. The molecular weight excluding hydrogens is 351 g/mol. The van der Waals surface area contributed by atoms with Gasteiger partial charge in [0, 0.05) is 16.1 Å². The Hall–Kier alpha value is 0.120. The van der Waals surface area contributed by atoms with Gasteiger partial charge in [0.05, 0.1) is 17.7 Å². The van der Waals surface area contributed by atoms with Gasteiger partial charge in [0.15, 0.2) is 0 Å². The van der Waals surface area contributed by atoms with Crippen LogP contribution in [0, 0.1) is 9.49 Å². The van der Waals surface area contributed by atoms with Crippen LogP contribution in [0.25, 0.3) is 0 Å². The summed E-state index contributed by atoms with van der Waals surface area (Å²) >= 11 is 8.37. The lowest BCUT2D eigenvalue weighted by molar-refractivity contribution is 0.0390. The molecule has 1 saturated heterocycles. The molecule has 5 heteroatoms. The SMILES string of the molecule is NNC(c1ccc(I)c(Cl)c1)C1CCCOC1. The van der Waals surface area contributed by atoms with Gasteiger partial charge in [0.1, 0.15) is 0 Å². The second-order valence-electron chi connectivity index (χ2n) is 4.30. The molecule has 0 bridgehead atoms. The van der Waals surface area contributed by atoms with Crippen LogP contribution in [-0.4, -0.2) is 13.2 Å². The van der Waals surface area contributed by atoms with E-state index in [0.29, 0.717) is 5.92 Å². The minimum Gasteiger partial charge on any atom is -0.381 e. The van der Waals surface area contributed by atoms with Gasteiger partial charge in [-0.1, -0.05) is 17.7 Å². The van der Waals surface area contributed by atoms with E-state index < -0.39 is 0 Å². The van der Waals surface area contributed by atoms with Crippen molar-refractivity contribution in [1.29, 1.82) is 0 Å². The number of hydrogen-bond donors (Lipinski definition) is 2. The molecule has 1 aliphatic rings. The average molecular weight is 367 g/mol. The van der Waals surface area contributed by atoms with Crippen molar-refractivity contribution in [2.45, 2.75) is 18.9 Å². The highest BCUT2D eigenvalue weighted by Gasteiger charge is 2.25. The van der Waals surface area contributed by atoms with E-state index in [9.17, 15) is 0 Å². The maximum atomic E-state index is 6.15. The minimum absolute atomic E-state index is 0.116. The molecule has 1 aliphatic heterocycles. The molecule has 2 unspecified atom stereocenters. The molecule has 1 aromatic carbocycles. The first kappa shape index (κ1) is 13.5.